The molecule has 0 bridgehead atoms. The highest BCUT2D eigenvalue weighted by Gasteiger charge is 2.16. The average Bonchev–Trinajstić information content (AvgIpc) is 3.09. The number of amides is 1. The first-order chi connectivity index (χ1) is 11.9. The van der Waals surface area contributed by atoms with Crippen LogP contribution in [-0.2, 0) is 21.5 Å². The number of furan rings is 1. The van der Waals surface area contributed by atoms with Crippen LogP contribution in [0.5, 0.6) is 5.75 Å². The Kier molecular flexibility index (Phi) is 6.65. The Hall–Kier alpha value is -2.27. The summed E-state index contributed by atoms with van der Waals surface area (Å²) < 4.78 is 15.8. The summed E-state index contributed by atoms with van der Waals surface area (Å²) >= 11 is 0. The number of benzene rings is 1. The van der Waals surface area contributed by atoms with Crippen molar-refractivity contribution in [1.29, 1.82) is 0 Å². The molecule has 1 heterocycles. The van der Waals surface area contributed by atoms with Gasteiger partial charge in [0.2, 0.25) is 0 Å². The Bertz CT molecular complexity index is 641. The molecule has 0 aliphatic heterocycles. The van der Waals surface area contributed by atoms with Crippen LogP contribution in [0.15, 0.2) is 47.3 Å². The summed E-state index contributed by atoms with van der Waals surface area (Å²) in [6, 6.07) is 9.73. The average molecular weight is 345 g/mol. The first-order valence-corrected chi connectivity index (χ1v) is 8.41. The number of carbonyl (C=O) groups excluding carboxylic acids is 1. The normalized spacial score (nSPS) is 11.4. The second-order valence-electron chi connectivity index (χ2n) is 7.00. The third kappa shape index (κ3) is 5.94. The maximum Gasteiger partial charge on any atom is 0.260 e. The summed E-state index contributed by atoms with van der Waals surface area (Å²) in [4.78, 5) is 14.2. The molecule has 0 radical (unpaired) electrons. The van der Waals surface area contributed by atoms with E-state index in [-0.39, 0.29) is 17.9 Å². The highest BCUT2D eigenvalue weighted by molar-refractivity contribution is 5.77. The van der Waals surface area contributed by atoms with E-state index in [9.17, 15) is 4.79 Å². The van der Waals surface area contributed by atoms with Gasteiger partial charge in [0.25, 0.3) is 5.91 Å². The van der Waals surface area contributed by atoms with Gasteiger partial charge in [-0.25, -0.2) is 0 Å². The van der Waals surface area contributed by atoms with E-state index in [2.05, 4.69) is 20.8 Å². The lowest BCUT2D eigenvalue weighted by Crippen LogP contribution is -2.36. The molecule has 0 aliphatic carbocycles. The van der Waals surface area contributed by atoms with Crippen LogP contribution in [0.2, 0.25) is 0 Å². The van der Waals surface area contributed by atoms with Crippen molar-refractivity contribution in [3.05, 3.63) is 54.0 Å². The molecule has 1 amide bonds. The molecule has 0 atom stereocenters. The topological polar surface area (TPSA) is 51.9 Å². The van der Waals surface area contributed by atoms with Gasteiger partial charge < -0.3 is 18.8 Å². The van der Waals surface area contributed by atoms with Crippen molar-refractivity contribution in [2.45, 2.75) is 32.7 Å². The number of ether oxygens (including phenoxy) is 2. The van der Waals surface area contributed by atoms with Crippen LogP contribution in [0.4, 0.5) is 0 Å². The summed E-state index contributed by atoms with van der Waals surface area (Å²) in [5.74, 6) is 0.606. The van der Waals surface area contributed by atoms with Crippen LogP contribution >= 0.6 is 0 Å². The molecular formula is C20H27NO4. The zero-order valence-electron chi connectivity index (χ0n) is 15.5. The lowest BCUT2D eigenvalue weighted by atomic mass is 9.87. The highest BCUT2D eigenvalue weighted by atomic mass is 16.5. The van der Waals surface area contributed by atoms with Crippen LogP contribution in [-0.4, -0.2) is 37.7 Å². The van der Waals surface area contributed by atoms with Crippen molar-refractivity contribution in [1.82, 2.24) is 4.90 Å². The van der Waals surface area contributed by atoms with Crippen LogP contribution in [0, 0.1) is 0 Å². The maximum absolute atomic E-state index is 12.5. The Morgan fingerprint density at radius 1 is 1.16 bits per heavy atom. The zero-order chi connectivity index (χ0) is 18.3. The SMILES string of the molecule is COCCN(Cc1ccoc1)C(=O)COc1ccc(C(C)(C)C)cc1. The zero-order valence-corrected chi connectivity index (χ0v) is 15.5. The smallest absolute Gasteiger partial charge is 0.260 e. The van der Waals surface area contributed by atoms with Crippen molar-refractivity contribution in [3.63, 3.8) is 0 Å². The van der Waals surface area contributed by atoms with Gasteiger partial charge in [-0.1, -0.05) is 32.9 Å². The number of methoxy groups -OCH3 is 1. The Morgan fingerprint density at radius 2 is 1.88 bits per heavy atom. The van der Waals surface area contributed by atoms with Crippen molar-refractivity contribution < 1.29 is 18.7 Å². The summed E-state index contributed by atoms with van der Waals surface area (Å²) in [5.41, 5.74) is 2.27. The van der Waals surface area contributed by atoms with Gasteiger partial charge >= 0.3 is 0 Å². The van der Waals surface area contributed by atoms with Crippen LogP contribution < -0.4 is 4.74 Å². The minimum atomic E-state index is -0.0850. The van der Waals surface area contributed by atoms with Gasteiger partial charge in [0.1, 0.15) is 5.75 Å². The minimum absolute atomic E-state index is 0.00354. The van der Waals surface area contributed by atoms with Gasteiger partial charge in [0.15, 0.2) is 6.61 Å². The molecule has 0 aliphatic rings. The first kappa shape index (κ1) is 19.1. The lowest BCUT2D eigenvalue weighted by Gasteiger charge is -2.22. The van der Waals surface area contributed by atoms with E-state index in [0.717, 1.165) is 5.56 Å². The molecule has 1 aromatic heterocycles. The van der Waals surface area contributed by atoms with E-state index >= 15 is 0 Å². The standard InChI is InChI=1S/C20H27NO4/c1-20(2,3)17-5-7-18(8-6-17)25-15-19(22)21(10-12-23-4)13-16-9-11-24-14-16/h5-9,11,14H,10,12-13,15H2,1-4H3. The van der Waals surface area contributed by atoms with E-state index in [1.807, 2.05) is 30.3 Å². The van der Waals surface area contributed by atoms with E-state index < -0.39 is 0 Å². The molecule has 0 N–H and O–H groups in total. The predicted octanol–water partition coefficient (Wildman–Crippen LogP) is 3.63. The number of carbonyl (C=O) groups is 1. The molecular weight excluding hydrogens is 318 g/mol. The van der Waals surface area contributed by atoms with E-state index in [0.29, 0.717) is 25.4 Å². The molecule has 2 rings (SSSR count). The second kappa shape index (κ2) is 8.72. The molecule has 5 heteroatoms. The van der Waals surface area contributed by atoms with Gasteiger partial charge in [-0.2, -0.15) is 0 Å². The quantitative estimate of drug-likeness (QED) is 0.733. The number of nitrogens with zero attached hydrogens (tertiary/aromatic N) is 1. The minimum Gasteiger partial charge on any atom is -0.484 e. The fourth-order valence-corrected chi connectivity index (χ4v) is 2.38. The molecule has 0 spiro atoms. The maximum atomic E-state index is 12.5. The Labute approximate surface area is 149 Å². The van der Waals surface area contributed by atoms with E-state index in [1.54, 1.807) is 24.5 Å². The van der Waals surface area contributed by atoms with Gasteiger partial charge in [-0.3, -0.25) is 4.79 Å². The largest absolute Gasteiger partial charge is 0.484 e. The van der Waals surface area contributed by atoms with Gasteiger partial charge in [-0.05, 0) is 29.2 Å². The Morgan fingerprint density at radius 3 is 2.44 bits per heavy atom. The number of hydrogen-bond donors (Lipinski definition) is 0. The summed E-state index contributed by atoms with van der Waals surface area (Å²) in [7, 11) is 1.62. The van der Waals surface area contributed by atoms with Gasteiger partial charge in [-0.15, -0.1) is 0 Å². The lowest BCUT2D eigenvalue weighted by molar-refractivity contribution is -0.134. The third-order valence-electron chi connectivity index (χ3n) is 3.95. The predicted molar refractivity (Wildman–Crippen MR) is 96.6 cm³/mol. The van der Waals surface area contributed by atoms with E-state index in [1.165, 1.54) is 5.56 Å². The Balaban J connectivity index is 1.93. The monoisotopic (exact) mass is 345 g/mol. The highest BCUT2D eigenvalue weighted by Crippen LogP contribution is 2.24. The molecule has 0 fully saturated rings. The summed E-state index contributed by atoms with van der Waals surface area (Å²) in [6.45, 7) is 7.94. The molecule has 1 aromatic carbocycles. The molecule has 5 nitrogen and oxygen atoms in total. The van der Waals surface area contributed by atoms with Crippen LogP contribution in [0.3, 0.4) is 0 Å². The van der Waals surface area contributed by atoms with Crippen LogP contribution in [0.1, 0.15) is 31.9 Å². The van der Waals surface area contributed by atoms with Crippen molar-refractivity contribution in [3.8, 4) is 5.75 Å². The summed E-state index contributed by atoms with van der Waals surface area (Å²) in [5, 5.41) is 0. The fourth-order valence-electron chi connectivity index (χ4n) is 2.38. The molecule has 0 saturated heterocycles. The molecule has 136 valence electrons. The number of rotatable bonds is 8. The van der Waals surface area contributed by atoms with Crippen LogP contribution in [0.25, 0.3) is 0 Å². The molecule has 0 saturated carbocycles. The number of hydrogen-bond acceptors (Lipinski definition) is 4. The van der Waals surface area contributed by atoms with Crippen molar-refractivity contribution in [2.75, 3.05) is 26.9 Å². The van der Waals surface area contributed by atoms with E-state index in [4.69, 9.17) is 13.9 Å². The van der Waals surface area contributed by atoms with Crippen molar-refractivity contribution >= 4 is 5.91 Å². The second-order valence-corrected chi connectivity index (χ2v) is 7.00. The van der Waals surface area contributed by atoms with Gasteiger partial charge in [0, 0.05) is 25.8 Å². The molecule has 25 heavy (non-hydrogen) atoms. The van der Waals surface area contributed by atoms with Crippen molar-refractivity contribution in [2.24, 2.45) is 0 Å². The molecule has 0 unspecified atom stereocenters. The fraction of sp³-hybridized carbons (Fsp3) is 0.450. The first-order valence-electron chi connectivity index (χ1n) is 8.41. The third-order valence-corrected chi connectivity index (χ3v) is 3.95. The van der Waals surface area contributed by atoms with Gasteiger partial charge in [0.05, 0.1) is 19.1 Å². The summed E-state index contributed by atoms with van der Waals surface area (Å²) in [6.07, 6.45) is 3.24. The molecule has 2 aromatic rings.